The van der Waals surface area contributed by atoms with Gasteiger partial charge in [0.2, 0.25) is 0 Å². The lowest BCUT2D eigenvalue weighted by atomic mass is 10.1. The number of phosphoric acid groups is 1. The zero-order valence-corrected chi connectivity index (χ0v) is 15.0. The minimum atomic E-state index is -3.94. The molecule has 0 amide bonds. The van der Waals surface area contributed by atoms with E-state index in [2.05, 4.69) is 6.58 Å². The van der Waals surface area contributed by atoms with E-state index in [0.29, 0.717) is 17.2 Å². The predicted molar refractivity (Wildman–Crippen MR) is 103 cm³/mol. The van der Waals surface area contributed by atoms with E-state index in [1.165, 1.54) is 0 Å². The Hall–Kier alpha value is -2.97. The van der Waals surface area contributed by atoms with E-state index < -0.39 is 7.82 Å². The molecule has 0 atom stereocenters. The van der Waals surface area contributed by atoms with Crippen LogP contribution < -0.4 is 13.6 Å². The Morgan fingerprint density at radius 2 is 1.12 bits per heavy atom. The lowest BCUT2D eigenvalue weighted by molar-refractivity contribution is 0.298. The number of allylic oxidation sites excluding steroid dienone is 1. The summed E-state index contributed by atoms with van der Waals surface area (Å²) >= 11 is 0. The van der Waals surface area contributed by atoms with Crippen LogP contribution in [0.2, 0.25) is 0 Å². The first-order valence-electron chi connectivity index (χ1n) is 8.16. The fourth-order valence-electron chi connectivity index (χ4n) is 2.26. The number of para-hydroxylation sites is 2. The van der Waals surface area contributed by atoms with Crippen LogP contribution in [0.25, 0.3) is 0 Å². The fourth-order valence-corrected chi connectivity index (χ4v) is 3.51. The Morgan fingerprint density at radius 3 is 1.54 bits per heavy atom. The van der Waals surface area contributed by atoms with Gasteiger partial charge in [0, 0.05) is 0 Å². The van der Waals surface area contributed by atoms with Crippen molar-refractivity contribution in [2.45, 2.75) is 6.42 Å². The smallest absolute Gasteiger partial charge is 0.386 e. The third kappa shape index (κ3) is 5.01. The number of rotatable bonds is 8. The van der Waals surface area contributed by atoms with Crippen molar-refractivity contribution in [3.05, 3.63) is 103 Å². The lowest BCUT2D eigenvalue weighted by Gasteiger charge is -2.19. The second-order valence-corrected chi connectivity index (χ2v) is 6.93. The summed E-state index contributed by atoms with van der Waals surface area (Å²) in [6.07, 6.45) is 2.57. The average molecular weight is 366 g/mol. The molecule has 3 aromatic carbocycles. The van der Waals surface area contributed by atoms with Crippen molar-refractivity contribution in [1.82, 2.24) is 0 Å². The van der Waals surface area contributed by atoms with Gasteiger partial charge in [-0.2, -0.15) is 4.57 Å². The Balaban J connectivity index is 1.84. The van der Waals surface area contributed by atoms with Crippen molar-refractivity contribution in [3.63, 3.8) is 0 Å². The number of phosphoric ester groups is 1. The molecule has 0 aromatic heterocycles. The van der Waals surface area contributed by atoms with E-state index >= 15 is 0 Å². The van der Waals surface area contributed by atoms with Crippen LogP contribution >= 0.6 is 7.82 Å². The first-order chi connectivity index (χ1) is 12.7. The number of hydrogen-bond donors (Lipinski definition) is 0. The normalized spacial score (nSPS) is 10.8. The quantitative estimate of drug-likeness (QED) is 0.359. The van der Waals surface area contributed by atoms with E-state index in [1.807, 2.05) is 30.3 Å². The maximum Gasteiger partial charge on any atom is 0.647 e. The monoisotopic (exact) mass is 366 g/mol. The highest BCUT2D eigenvalue weighted by molar-refractivity contribution is 7.49. The second-order valence-electron chi connectivity index (χ2n) is 5.48. The molecular formula is C21H19O4P. The molecule has 0 aliphatic rings. The molecule has 0 aliphatic carbocycles. The fraction of sp³-hybridized carbons (Fsp3) is 0.0476. The van der Waals surface area contributed by atoms with Gasteiger partial charge in [-0.1, -0.05) is 54.6 Å². The van der Waals surface area contributed by atoms with Gasteiger partial charge in [-0.15, -0.1) is 6.58 Å². The Labute approximate surface area is 153 Å². The zero-order valence-electron chi connectivity index (χ0n) is 14.2. The summed E-state index contributed by atoms with van der Waals surface area (Å²) in [5.74, 6) is 1.19. The van der Waals surface area contributed by atoms with E-state index in [9.17, 15) is 4.57 Å². The first kappa shape index (κ1) is 17.8. The molecule has 0 fully saturated rings. The largest absolute Gasteiger partial charge is 0.647 e. The van der Waals surface area contributed by atoms with Crippen LogP contribution in [-0.2, 0) is 11.0 Å². The second kappa shape index (κ2) is 8.41. The molecule has 0 saturated heterocycles. The molecule has 0 N–H and O–H groups in total. The molecule has 0 aliphatic heterocycles. The van der Waals surface area contributed by atoms with Gasteiger partial charge in [0.1, 0.15) is 17.2 Å². The van der Waals surface area contributed by atoms with Crippen LogP contribution in [-0.4, -0.2) is 0 Å². The van der Waals surface area contributed by atoms with Gasteiger partial charge in [-0.05, 0) is 48.4 Å². The van der Waals surface area contributed by atoms with Gasteiger partial charge < -0.3 is 13.6 Å². The molecule has 0 heterocycles. The van der Waals surface area contributed by atoms with Crippen molar-refractivity contribution >= 4 is 7.82 Å². The molecule has 0 radical (unpaired) electrons. The molecule has 4 nitrogen and oxygen atoms in total. The van der Waals surface area contributed by atoms with Crippen LogP contribution in [0.3, 0.4) is 0 Å². The van der Waals surface area contributed by atoms with E-state index in [-0.39, 0.29) is 0 Å². The highest BCUT2D eigenvalue weighted by Gasteiger charge is 2.33. The summed E-state index contributed by atoms with van der Waals surface area (Å²) in [6.45, 7) is 3.72. The summed E-state index contributed by atoms with van der Waals surface area (Å²) in [5.41, 5.74) is 1.08. The summed E-state index contributed by atoms with van der Waals surface area (Å²) in [5, 5.41) is 0. The Bertz CT molecular complexity index is 831. The van der Waals surface area contributed by atoms with Gasteiger partial charge in [0.05, 0.1) is 0 Å². The van der Waals surface area contributed by atoms with E-state index in [1.54, 1.807) is 60.7 Å². The molecule has 0 unspecified atom stereocenters. The minimum absolute atomic E-state index is 0.396. The SMILES string of the molecule is C=CCc1ccc(OP(=O)(Oc2ccccc2)Oc2ccccc2)cc1. The summed E-state index contributed by atoms with van der Waals surface area (Å²) in [4.78, 5) is 0. The Morgan fingerprint density at radius 1 is 0.692 bits per heavy atom. The molecule has 0 spiro atoms. The number of benzene rings is 3. The maximum atomic E-state index is 13.2. The van der Waals surface area contributed by atoms with Gasteiger partial charge in [0.15, 0.2) is 0 Å². The summed E-state index contributed by atoms with van der Waals surface area (Å²) in [7, 11) is -3.94. The van der Waals surface area contributed by atoms with Crippen LogP contribution in [0.1, 0.15) is 5.56 Å². The average Bonchev–Trinajstić information content (AvgIpc) is 2.65. The predicted octanol–water partition coefficient (Wildman–Crippen LogP) is 6.06. The van der Waals surface area contributed by atoms with Gasteiger partial charge in [-0.3, -0.25) is 0 Å². The Kier molecular flexibility index (Phi) is 5.77. The van der Waals surface area contributed by atoms with Crippen molar-refractivity contribution in [3.8, 4) is 17.2 Å². The van der Waals surface area contributed by atoms with Crippen molar-refractivity contribution in [2.24, 2.45) is 0 Å². The standard InChI is InChI=1S/C21H19O4P/c1-2-9-18-14-16-21(17-15-18)25-26(22,23-19-10-5-3-6-11-19)24-20-12-7-4-8-13-20/h2-8,10-17H,1,9H2. The molecule has 132 valence electrons. The molecule has 0 saturated carbocycles. The van der Waals surface area contributed by atoms with Crippen molar-refractivity contribution in [2.75, 3.05) is 0 Å². The third-order valence-corrected chi connectivity index (χ3v) is 4.74. The highest BCUT2D eigenvalue weighted by Crippen LogP contribution is 2.49. The van der Waals surface area contributed by atoms with Crippen LogP contribution in [0.5, 0.6) is 17.2 Å². The summed E-state index contributed by atoms with van der Waals surface area (Å²) in [6, 6.07) is 24.8. The van der Waals surface area contributed by atoms with Crippen LogP contribution in [0.4, 0.5) is 0 Å². The van der Waals surface area contributed by atoms with E-state index in [0.717, 1.165) is 12.0 Å². The molecule has 26 heavy (non-hydrogen) atoms. The number of hydrogen-bond acceptors (Lipinski definition) is 4. The third-order valence-electron chi connectivity index (χ3n) is 3.44. The molecule has 0 bridgehead atoms. The molecule has 3 rings (SSSR count). The maximum absolute atomic E-state index is 13.2. The van der Waals surface area contributed by atoms with Crippen LogP contribution in [0, 0.1) is 0 Å². The molecule has 3 aromatic rings. The minimum Gasteiger partial charge on any atom is -0.386 e. The van der Waals surface area contributed by atoms with Crippen LogP contribution in [0.15, 0.2) is 97.6 Å². The molecule has 5 heteroatoms. The van der Waals surface area contributed by atoms with Gasteiger partial charge >= 0.3 is 7.82 Å². The lowest BCUT2D eigenvalue weighted by Crippen LogP contribution is -2.07. The van der Waals surface area contributed by atoms with Crippen molar-refractivity contribution < 1.29 is 18.1 Å². The highest BCUT2D eigenvalue weighted by atomic mass is 31.2. The van der Waals surface area contributed by atoms with E-state index in [4.69, 9.17) is 13.6 Å². The summed E-state index contributed by atoms with van der Waals surface area (Å²) < 4.78 is 30.0. The van der Waals surface area contributed by atoms with Gasteiger partial charge in [-0.25, -0.2) is 0 Å². The zero-order chi connectivity index (χ0) is 18.2. The topological polar surface area (TPSA) is 44.8 Å². The molecular weight excluding hydrogens is 347 g/mol. The van der Waals surface area contributed by atoms with Crippen molar-refractivity contribution in [1.29, 1.82) is 0 Å². The van der Waals surface area contributed by atoms with Gasteiger partial charge in [0.25, 0.3) is 0 Å². The first-order valence-corrected chi connectivity index (χ1v) is 9.62.